The summed E-state index contributed by atoms with van der Waals surface area (Å²) in [6.07, 6.45) is 0. The van der Waals surface area contributed by atoms with Crippen molar-refractivity contribution in [2.45, 2.75) is 13.5 Å². The predicted molar refractivity (Wildman–Crippen MR) is 91.3 cm³/mol. The Labute approximate surface area is 142 Å². The topological polar surface area (TPSA) is 127 Å². The van der Waals surface area contributed by atoms with Crippen LogP contribution in [0, 0.1) is 0 Å². The van der Waals surface area contributed by atoms with Crippen molar-refractivity contribution < 1.29 is 14.3 Å². The van der Waals surface area contributed by atoms with Gasteiger partial charge in [0.05, 0.1) is 6.54 Å². The Morgan fingerprint density at radius 3 is 2.48 bits per heavy atom. The number of rotatable bonds is 5. The van der Waals surface area contributed by atoms with E-state index in [0.717, 1.165) is 22.0 Å². The van der Waals surface area contributed by atoms with E-state index in [1.807, 2.05) is 6.07 Å². The first-order valence-electron chi connectivity index (χ1n) is 7.37. The number of hydrogen-bond donors (Lipinski definition) is 2. The van der Waals surface area contributed by atoms with Crippen molar-refractivity contribution in [2.24, 2.45) is 0 Å². The van der Waals surface area contributed by atoms with Gasteiger partial charge in [-0.3, -0.25) is 23.9 Å². The molecule has 9 heteroatoms. The highest BCUT2D eigenvalue weighted by atomic mass is 16.5. The number of carbonyl (C=O) groups excluding carboxylic acids is 2. The van der Waals surface area contributed by atoms with Crippen molar-refractivity contribution in [1.29, 1.82) is 0 Å². The normalized spacial score (nSPS) is 10.3. The highest BCUT2D eigenvalue weighted by Gasteiger charge is 2.21. The van der Waals surface area contributed by atoms with Gasteiger partial charge in [-0.1, -0.05) is 30.3 Å². The van der Waals surface area contributed by atoms with Gasteiger partial charge >= 0.3 is 11.7 Å². The smallest absolute Gasteiger partial charge is 0.330 e. The minimum absolute atomic E-state index is 0.126. The zero-order chi connectivity index (χ0) is 18.6. The highest BCUT2D eigenvalue weighted by molar-refractivity contribution is 5.96. The molecule has 0 aliphatic carbocycles. The van der Waals surface area contributed by atoms with Crippen LogP contribution in [0.1, 0.15) is 12.5 Å². The molecule has 2 aromatic rings. The van der Waals surface area contributed by atoms with E-state index in [1.165, 1.54) is 7.05 Å². The van der Waals surface area contributed by atoms with Crippen molar-refractivity contribution in [3.05, 3.63) is 56.7 Å². The molecule has 1 heterocycles. The molecule has 0 fully saturated rings. The number of ether oxygens (including phenoxy) is 1. The number of nitrogen functional groups attached to an aromatic ring is 1. The van der Waals surface area contributed by atoms with Crippen molar-refractivity contribution in [1.82, 2.24) is 9.55 Å². The van der Waals surface area contributed by atoms with Gasteiger partial charge in [0, 0.05) is 14.0 Å². The minimum Gasteiger partial charge on any atom is -0.456 e. The molecule has 0 atom stereocenters. The Hall–Kier alpha value is -3.36. The largest absolute Gasteiger partial charge is 0.456 e. The van der Waals surface area contributed by atoms with E-state index in [1.54, 1.807) is 24.3 Å². The van der Waals surface area contributed by atoms with Crippen LogP contribution >= 0.6 is 0 Å². The molecule has 132 valence electrons. The number of H-pyrrole nitrogens is 1. The van der Waals surface area contributed by atoms with Gasteiger partial charge in [-0.25, -0.2) is 4.79 Å². The number of nitrogens with one attached hydrogen (secondary N) is 1. The van der Waals surface area contributed by atoms with E-state index in [2.05, 4.69) is 9.72 Å². The summed E-state index contributed by atoms with van der Waals surface area (Å²) in [7, 11) is 1.31. The van der Waals surface area contributed by atoms with Gasteiger partial charge in [-0.15, -0.1) is 0 Å². The Kier molecular flexibility index (Phi) is 5.38. The van der Waals surface area contributed by atoms with Crippen molar-refractivity contribution >= 4 is 23.4 Å². The van der Waals surface area contributed by atoms with Crippen molar-refractivity contribution in [3.8, 4) is 0 Å². The fraction of sp³-hybridized carbons (Fsp3) is 0.250. The van der Waals surface area contributed by atoms with Crippen LogP contribution in [0.15, 0.2) is 39.9 Å². The number of aromatic amines is 1. The molecular weight excluding hydrogens is 328 g/mol. The SMILES string of the molecule is CC(=O)OCC(=O)N(C)c1c(N)n(Cc2ccccc2)c(=O)[nH]c1=O. The molecule has 0 radical (unpaired) electrons. The fourth-order valence-electron chi connectivity index (χ4n) is 2.21. The van der Waals surface area contributed by atoms with Gasteiger partial charge in [0.1, 0.15) is 5.82 Å². The van der Waals surface area contributed by atoms with E-state index in [0.29, 0.717) is 0 Å². The first kappa shape index (κ1) is 18.0. The highest BCUT2D eigenvalue weighted by Crippen LogP contribution is 2.16. The van der Waals surface area contributed by atoms with Crippen LogP contribution in [0.3, 0.4) is 0 Å². The number of nitrogens with two attached hydrogens (primary N) is 1. The number of anilines is 2. The number of benzene rings is 1. The van der Waals surface area contributed by atoms with Crippen LogP contribution in [0.4, 0.5) is 11.5 Å². The van der Waals surface area contributed by atoms with Crippen molar-refractivity contribution in [2.75, 3.05) is 24.3 Å². The van der Waals surface area contributed by atoms with Gasteiger partial charge < -0.3 is 15.4 Å². The predicted octanol–water partition coefficient (Wildman–Crippen LogP) is -0.307. The maximum absolute atomic E-state index is 12.1. The third-order valence-corrected chi connectivity index (χ3v) is 3.51. The zero-order valence-electron chi connectivity index (χ0n) is 13.8. The third kappa shape index (κ3) is 4.14. The maximum atomic E-state index is 12.1. The molecular formula is C16H18N4O5. The Morgan fingerprint density at radius 2 is 1.88 bits per heavy atom. The van der Waals surface area contributed by atoms with Crippen LogP contribution in [-0.2, 0) is 20.9 Å². The molecule has 0 unspecified atom stereocenters. The number of aromatic nitrogens is 2. The first-order valence-corrected chi connectivity index (χ1v) is 7.37. The summed E-state index contributed by atoms with van der Waals surface area (Å²) >= 11 is 0. The van der Waals surface area contributed by atoms with Crippen LogP contribution < -0.4 is 21.9 Å². The molecule has 0 aliphatic rings. The quantitative estimate of drug-likeness (QED) is 0.715. The summed E-state index contributed by atoms with van der Waals surface area (Å²) in [4.78, 5) is 50.1. The number of likely N-dealkylation sites (N-methyl/N-ethyl adjacent to an activating group) is 1. The summed E-state index contributed by atoms with van der Waals surface area (Å²) in [5.74, 6) is -1.44. The van der Waals surface area contributed by atoms with Gasteiger partial charge in [0.25, 0.3) is 11.5 Å². The number of carbonyl (C=O) groups is 2. The molecule has 0 saturated carbocycles. The summed E-state index contributed by atoms with van der Waals surface area (Å²) in [6, 6.07) is 9.03. The Bertz CT molecular complexity index is 901. The summed E-state index contributed by atoms with van der Waals surface area (Å²) in [5.41, 5.74) is 5.09. The van der Waals surface area contributed by atoms with Crippen molar-refractivity contribution in [3.63, 3.8) is 0 Å². The Balaban J connectivity index is 2.40. The molecule has 0 aliphatic heterocycles. The van der Waals surface area contributed by atoms with Gasteiger partial charge in [-0.05, 0) is 5.56 Å². The van der Waals surface area contributed by atoms with E-state index >= 15 is 0 Å². The fourth-order valence-corrected chi connectivity index (χ4v) is 2.21. The van der Waals surface area contributed by atoms with Crippen LogP contribution in [0.5, 0.6) is 0 Å². The van der Waals surface area contributed by atoms with Gasteiger partial charge in [0.2, 0.25) is 0 Å². The van der Waals surface area contributed by atoms with E-state index in [4.69, 9.17) is 5.73 Å². The van der Waals surface area contributed by atoms with Crippen LogP contribution in [0.2, 0.25) is 0 Å². The van der Waals surface area contributed by atoms with E-state index < -0.39 is 29.7 Å². The number of esters is 1. The lowest BCUT2D eigenvalue weighted by atomic mass is 10.2. The summed E-state index contributed by atoms with van der Waals surface area (Å²) in [6.45, 7) is 0.748. The molecule has 9 nitrogen and oxygen atoms in total. The number of amides is 1. The van der Waals surface area contributed by atoms with Gasteiger partial charge in [-0.2, -0.15) is 0 Å². The lowest BCUT2D eigenvalue weighted by Crippen LogP contribution is -2.40. The van der Waals surface area contributed by atoms with Gasteiger partial charge in [0.15, 0.2) is 12.3 Å². The average molecular weight is 346 g/mol. The second-order valence-electron chi connectivity index (χ2n) is 5.30. The molecule has 0 bridgehead atoms. The second-order valence-corrected chi connectivity index (χ2v) is 5.30. The lowest BCUT2D eigenvalue weighted by molar-refractivity contribution is -0.145. The summed E-state index contributed by atoms with van der Waals surface area (Å²) < 4.78 is 5.78. The molecule has 3 N–H and O–H groups in total. The molecule has 1 aromatic heterocycles. The molecule has 0 saturated heterocycles. The minimum atomic E-state index is -0.800. The maximum Gasteiger partial charge on any atom is 0.330 e. The molecule has 1 amide bonds. The standard InChI is InChI=1S/C16H18N4O5/c1-10(21)25-9-12(22)19(2)13-14(17)20(16(24)18-15(13)23)8-11-6-4-3-5-7-11/h3-7H,8-9,17H2,1-2H3,(H,18,23,24). The number of nitrogens with zero attached hydrogens (tertiary/aromatic N) is 2. The molecule has 1 aromatic carbocycles. The number of hydrogen-bond acceptors (Lipinski definition) is 6. The monoisotopic (exact) mass is 346 g/mol. The molecule has 0 spiro atoms. The molecule has 25 heavy (non-hydrogen) atoms. The van der Waals surface area contributed by atoms with Crippen LogP contribution in [0.25, 0.3) is 0 Å². The lowest BCUT2D eigenvalue weighted by Gasteiger charge is -2.20. The Morgan fingerprint density at radius 1 is 1.24 bits per heavy atom. The summed E-state index contributed by atoms with van der Waals surface area (Å²) in [5, 5.41) is 0. The van der Waals surface area contributed by atoms with E-state index in [-0.39, 0.29) is 18.1 Å². The third-order valence-electron chi connectivity index (χ3n) is 3.51. The average Bonchev–Trinajstić information content (AvgIpc) is 2.57. The second kappa shape index (κ2) is 7.47. The molecule has 2 rings (SSSR count). The first-order chi connectivity index (χ1) is 11.8. The van der Waals surface area contributed by atoms with E-state index in [9.17, 15) is 19.2 Å². The van der Waals surface area contributed by atoms with Crippen LogP contribution in [-0.4, -0.2) is 35.1 Å². The zero-order valence-corrected chi connectivity index (χ0v) is 13.8.